The van der Waals surface area contributed by atoms with E-state index in [0.29, 0.717) is 12.0 Å². The first kappa shape index (κ1) is 14.1. The largest absolute Gasteiger partial charge is 0.497 e. The number of rotatable bonds is 5. The molecule has 106 valence electrons. The van der Waals surface area contributed by atoms with Crippen LogP contribution in [0.5, 0.6) is 5.75 Å². The number of hydrogen-bond donors (Lipinski definition) is 1. The van der Waals surface area contributed by atoms with Crippen LogP contribution < -0.4 is 10.1 Å². The fourth-order valence-electron chi connectivity index (χ4n) is 2.62. The van der Waals surface area contributed by atoms with Gasteiger partial charge in [0, 0.05) is 17.5 Å². The number of benzene rings is 1. The van der Waals surface area contributed by atoms with Gasteiger partial charge in [-0.1, -0.05) is 12.1 Å². The summed E-state index contributed by atoms with van der Waals surface area (Å²) in [6.07, 6.45) is 2.47. The van der Waals surface area contributed by atoms with Crippen molar-refractivity contribution in [3.8, 4) is 5.75 Å². The Hall–Kier alpha value is -0.840. The minimum Gasteiger partial charge on any atom is -0.497 e. The third kappa shape index (κ3) is 3.25. The topological polar surface area (TPSA) is 21.3 Å². The van der Waals surface area contributed by atoms with Crippen molar-refractivity contribution in [1.29, 1.82) is 0 Å². The maximum atomic E-state index is 5.20. The Balaban J connectivity index is 1.46. The maximum absolute atomic E-state index is 5.20. The first-order valence-electron chi connectivity index (χ1n) is 6.86. The highest BCUT2D eigenvalue weighted by molar-refractivity contribution is 9.11. The molecule has 1 saturated carbocycles. The molecule has 0 amide bonds. The fraction of sp³-hybridized carbons (Fsp3) is 0.375. The lowest BCUT2D eigenvalue weighted by atomic mass is 9.76. The third-order valence-corrected chi connectivity index (χ3v) is 5.54. The van der Waals surface area contributed by atoms with Gasteiger partial charge in [-0.2, -0.15) is 0 Å². The van der Waals surface area contributed by atoms with Crippen LogP contribution in [0.2, 0.25) is 0 Å². The van der Waals surface area contributed by atoms with E-state index in [-0.39, 0.29) is 0 Å². The minimum absolute atomic E-state index is 0.656. The number of halogens is 1. The molecule has 4 heteroatoms. The van der Waals surface area contributed by atoms with Crippen molar-refractivity contribution in [2.24, 2.45) is 0 Å². The molecule has 0 spiro atoms. The van der Waals surface area contributed by atoms with Crippen molar-refractivity contribution in [2.75, 3.05) is 7.11 Å². The molecule has 2 aromatic rings. The van der Waals surface area contributed by atoms with Crippen LogP contribution in [0.4, 0.5) is 0 Å². The number of hydrogen-bond acceptors (Lipinski definition) is 3. The molecule has 1 N–H and O–H groups in total. The van der Waals surface area contributed by atoms with Crippen molar-refractivity contribution < 1.29 is 4.74 Å². The lowest BCUT2D eigenvalue weighted by Crippen LogP contribution is -2.39. The normalized spacial score (nSPS) is 21.5. The van der Waals surface area contributed by atoms with Gasteiger partial charge >= 0.3 is 0 Å². The monoisotopic (exact) mass is 351 g/mol. The molecular formula is C16H18BrNOS. The fourth-order valence-corrected chi connectivity index (χ4v) is 4.06. The molecule has 20 heavy (non-hydrogen) atoms. The van der Waals surface area contributed by atoms with Crippen LogP contribution in [0, 0.1) is 0 Å². The maximum Gasteiger partial charge on any atom is 0.118 e. The molecular weight excluding hydrogens is 334 g/mol. The average Bonchev–Trinajstić information content (AvgIpc) is 2.83. The van der Waals surface area contributed by atoms with Crippen LogP contribution in [0.3, 0.4) is 0 Å². The van der Waals surface area contributed by atoms with Gasteiger partial charge < -0.3 is 10.1 Å². The highest BCUT2D eigenvalue weighted by Gasteiger charge is 2.29. The van der Waals surface area contributed by atoms with Crippen molar-refractivity contribution in [3.05, 3.63) is 50.6 Å². The van der Waals surface area contributed by atoms with Gasteiger partial charge in [-0.15, -0.1) is 11.3 Å². The number of ether oxygens (including phenoxy) is 1. The van der Waals surface area contributed by atoms with Crippen LogP contribution >= 0.6 is 27.3 Å². The Labute approximate surface area is 132 Å². The van der Waals surface area contributed by atoms with Crippen LogP contribution in [-0.2, 0) is 6.54 Å². The summed E-state index contributed by atoms with van der Waals surface area (Å²) in [7, 11) is 1.71. The zero-order valence-electron chi connectivity index (χ0n) is 11.4. The highest BCUT2D eigenvalue weighted by Crippen LogP contribution is 2.37. The quantitative estimate of drug-likeness (QED) is 0.852. The lowest BCUT2D eigenvalue weighted by Gasteiger charge is -2.36. The molecule has 3 rings (SSSR count). The standard InChI is InChI=1S/C16H18BrNOS/c1-19-14-4-2-11(3-5-14)12-8-13(9-12)18-10-15-6-7-16(17)20-15/h2-7,12-13,18H,8-10H2,1H3. The number of thiophene rings is 1. The van der Waals surface area contributed by atoms with Crippen molar-refractivity contribution >= 4 is 27.3 Å². The van der Waals surface area contributed by atoms with Gasteiger partial charge in [0.15, 0.2) is 0 Å². The second kappa shape index (κ2) is 6.29. The molecule has 0 unspecified atom stereocenters. The number of methoxy groups -OCH3 is 1. The van der Waals surface area contributed by atoms with Crippen LogP contribution in [0.1, 0.15) is 29.2 Å². The molecule has 0 saturated heterocycles. The van der Waals surface area contributed by atoms with Crippen molar-refractivity contribution in [2.45, 2.75) is 31.3 Å². The highest BCUT2D eigenvalue weighted by atomic mass is 79.9. The molecule has 1 heterocycles. The molecule has 0 bridgehead atoms. The molecule has 0 atom stereocenters. The van der Waals surface area contributed by atoms with E-state index < -0.39 is 0 Å². The van der Waals surface area contributed by atoms with Gasteiger partial charge in [-0.05, 0) is 64.5 Å². The molecule has 1 aromatic carbocycles. The van der Waals surface area contributed by atoms with Gasteiger partial charge in [-0.3, -0.25) is 0 Å². The van der Waals surface area contributed by atoms with Crippen LogP contribution in [0.15, 0.2) is 40.2 Å². The van der Waals surface area contributed by atoms with Gasteiger partial charge in [-0.25, -0.2) is 0 Å². The van der Waals surface area contributed by atoms with E-state index in [1.807, 2.05) is 0 Å². The zero-order valence-corrected chi connectivity index (χ0v) is 13.8. The Kier molecular flexibility index (Phi) is 4.44. The minimum atomic E-state index is 0.656. The first-order chi connectivity index (χ1) is 9.74. The van der Waals surface area contributed by atoms with E-state index in [0.717, 1.165) is 12.3 Å². The molecule has 0 aliphatic heterocycles. The Morgan fingerprint density at radius 2 is 1.95 bits per heavy atom. The predicted octanol–water partition coefficient (Wildman–Crippen LogP) is 4.56. The zero-order chi connectivity index (χ0) is 13.9. The second-order valence-corrected chi connectivity index (χ2v) is 7.77. The molecule has 2 nitrogen and oxygen atoms in total. The SMILES string of the molecule is COc1ccc(C2CC(NCc3ccc(Br)s3)C2)cc1. The first-order valence-corrected chi connectivity index (χ1v) is 8.47. The van der Waals surface area contributed by atoms with Gasteiger partial charge in [0.2, 0.25) is 0 Å². The molecule has 1 fully saturated rings. The Bertz CT molecular complexity index is 560. The van der Waals surface area contributed by atoms with Gasteiger partial charge in [0.25, 0.3) is 0 Å². The van der Waals surface area contributed by atoms with Crippen molar-refractivity contribution in [3.63, 3.8) is 0 Å². The van der Waals surface area contributed by atoms with E-state index in [1.165, 1.54) is 27.1 Å². The smallest absolute Gasteiger partial charge is 0.118 e. The molecule has 0 radical (unpaired) electrons. The second-order valence-electron chi connectivity index (χ2n) is 5.23. The summed E-state index contributed by atoms with van der Waals surface area (Å²) in [5.41, 5.74) is 1.43. The van der Waals surface area contributed by atoms with Gasteiger partial charge in [0.05, 0.1) is 10.9 Å². The Morgan fingerprint density at radius 1 is 1.20 bits per heavy atom. The van der Waals surface area contributed by atoms with Crippen molar-refractivity contribution in [1.82, 2.24) is 5.32 Å². The summed E-state index contributed by atoms with van der Waals surface area (Å²) in [5.74, 6) is 1.64. The van der Waals surface area contributed by atoms with E-state index in [2.05, 4.69) is 57.6 Å². The summed E-state index contributed by atoms with van der Waals surface area (Å²) in [5, 5.41) is 3.64. The van der Waals surface area contributed by atoms with Crippen LogP contribution in [0.25, 0.3) is 0 Å². The summed E-state index contributed by atoms with van der Waals surface area (Å²) < 4.78 is 6.40. The molecule has 1 aromatic heterocycles. The van der Waals surface area contributed by atoms with E-state index in [4.69, 9.17) is 4.74 Å². The summed E-state index contributed by atoms with van der Waals surface area (Å²) >= 11 is 5.31. The summed E-state index contributed by atoms with van der Waals surface area (Å²) in [4.78, 5) is 1.39. The van der Waals surface area contributed by atoms with E-state index >= 15 is 0 Å². The predicted molar refractivity (Wildman–Crippen MR) is 87.6 cm³/mol. The average molecular weight is 352 g/mol. The molecule has 1 aliphatic rings. The Morgan fingerprint density at radius 3 is 2.55 bits per heavy atom. The van der Waals surface area contributed by atoms with Crippen LogP contribution in [-0.4, -0.2) is 13.2 Å². The number of nitrogens with one attached hydrogen (secondary N) is 1. The molecule has 1 aliphatic carbocycles. The van der Waals surface area contributed by atoms with E-state index in [9.17, 15) is 0 Å². The van der Waals surface area contributed by atoms with Gasteiger partial charge in [0.1, 0.15) is 5.75 Å². The third-order valence-electron chi connectivity index (χ3n) is 3.92. The van der Waals surface area contributed by atoms with E-state index in [1.54, 1.807) is 18.4 Å². The lowest BCUT2D eigenvalue weighted by molar-refractivity contribution is 0.290. The summed E-state index contributed by atoms with van der Waals surface area (Å²) in [6.45, 7) is 0.982. The summed E-state index contributed by atoms with van der Waals surface area (Å²) in [6, 6.07) is 13.4.